The molecule has 0 saturated carbocycles. The van der Waals surface area contributed by atoms with Crippen molar-refractivity contribution < 1.29 is 19.0 Å². The van der Waals surface area contributed by atoms with Gasteiger partial charge >= 0.3 is 0 Å². The largest absolute Gasteiger partial charge is 0.486 e. The van der Waals surface area contributed by atoms with Gasteiger partial charge < -0.3 is 24.8 Å². The van der Waals surface area contributed by atoms with Crippen LogP contribution in [-0.2, 0) is 16.0 Å². The summed E-state index contributed by atoms with van der Waals surface area (Å²) in [7, 11) is 0. The molecule has 0 radical (unpaired) electrons. The molecule has 0 aliphatic carbocycles. The fourth-order valence-corrected chi connectivity index (χ4v) is 2.42. The van der Waals surface area contributed by atoms with E-state index < -0.39 is 0 Å². The van der Waals surface area contributed by atoms with E-state index in [0.717, 1.165) is 30.0 Å². The summed E-state index contributed by atoms with van der Waals surface area (Å²) in [4.78, 5) is 11.9. The Morgan fingerprint density at radius 1 is 1.24 bits per heavy atom. The SMILES string of the molecule is O=C(NCCc1ccc2c(c1)OCCO2)C1CNCCO1. The number of fused-ring (bicyclic) bond motifs is 1. The van der Waals surface area contributed by atoms with Crippen LogP contribution in [0.1, 0.15) is 5.56 Å². The maximum Gasteiger partial charge on any atom is 0.250 e. The molecule has 21 heavy (non-hydrogen) atoms. The number of rotatable bonds is 4. The zero-order valence-electron chi connectivity index (χ0n) is 11.9. The normalized spacial score (nSPS) is 20.9. The van der Waals surface area contributed by atoms with E-state index in [9.17, 15) is 4.79 Å². The predicted octanol–water partition coefficient (Wildman–Crippen LogP) is 0.105. The van der Waals surface area contributed by atoms with Crippen LogP contribution in [0.4, 0.5) is 0 Å². The van der Waals surface area contributed by atoms with Gasteiger partial charge in [0.25, 0.3) is 0 Å². The first-order valence-electron chi connectivity index (χ1n) is 7.31. The van der Waals surface area contributed by atoms with Gasteiger partial charge in [-0.15, -0.1) is 0 Å². The lowest BCUT2D eigenvalue weighted by Gasteiger charge is -2.22. The first kappa shape index (κ1) is 14.2. The molecule has 1 amide bonds. The van der Waals surface area contributed by atoms with E-state index >= 15 is 0 Å². The number of hydrogen-bond acceptors (Lipinski definition) is 5. The van der Waals surface area contributed by atoms with Crippen LogP contribution >= 0.6 is 0 Å². The van der Waals surface area contributed by atoms with Crippen LogP contribution in [-0.4, -0.2) is 51.5 Å². The molecule has 0 spiro atoms. The highest BCUT2D eigenvalue weighted by atomic mass is 16.6. The zero-order valence-corrected chi connectivity index (χ0v) is 11.9. The second-order valence-corrected chi connectivity index (χ2v) is 5.08. The first-order valence-corrected chi connectivity index (χ1v) is 7.31. The number of morpholine rings is 1. The van der Waals surface area contributed by atoms with Crippen molar-refractivity contribution in [3.8, 4) is 11.5 Å². The second-order valence-electron chi connectivity index (χ2n) is 5.08. The van der Waals surface area contributed by atoms with E-state index in [2.05, 4.69) is 10.6 Å². The van der Waals surface area contributed by atoms with Crippen LogP contribution in [0.2, 0.25) is 0 Å². The van der Waals surface area contributed by atoms with Crippen molar-refractivity contribution in [1.29, 1.82) is 0 Å². The van der Waals surface area contributed by atoms with Crippen molar-refractivity contribution in [3.63, 3.8) is 0 Å². The molecule has 1 aromatic carbocycles. The molecule has 2 N–H and O–H groups in total. The number of carbonyl (C=O) groups is 1. The van der Waals surface area contributed by atoms with Gasteiger partial charge in [-0.1, -0.05) is 6.07 Å². The molecular weight excluding hydrogens is 272 g/mol. The molecule has 1 unspecified atom stereocenters. The van der Waals surface area contributed by atoms with Gasteiger partial charge in [0, 0.05) is 19.6 Å². The van der Waals surface area contributed by atoms with Gasteiger partial charge in [0.1, 0.15) is 19.3 Å². The van der Waals surface area contributed by atoms with Crippen molar-refractivity contribution in [2.24, 2.45) is 0 Å². The third-order valence-corrected chi connectivity index (χ3v) is 3.54. The third-order valence-electron chi connectivity index (χ3n) is 3.54. The van der Waals surface area contributed by atoms with E-state index in [4.69, 9.17) is 14.2 Å². The molecular formula is C15H20N2O4. The second kappa shape index (κ2) is 6.78. The Hall–Kier alpha value is -1.79. The molecule has 6 heteroatoms. The van der Waals surface area contributed by atoms with Gasteiger partial charge in [-0.05, 0) is 24.1 Å². The van der Waals surface area contributed by atoms with Crippen molar-refractivity contribution in [2.75, 3.05) is 39.5 Å². The fraction of sp³-hybridized carbons (Fsp3) is 0.533. The lowest BCUT2D eigenvalue weighted by molar-refractivity contribution is -0.134. The minimum Gasteiger partial charge on any atom is -0.486 e. The highest BCUT2D eigenvalue weighted by Gasteiger charge is 2.21. The van der Waals surface area contributed by atoms with Crippen molar-refractivity contribution >= 4 is 5.91 Å². The smallest absolute Gasteiger partial charge is 0.250 e. The average Bonchev–Trinajstić information content (AvgIpc) is 2.55. The Kier molecular flexibility index (Phi) is 4.57. The van der Waals surface area contributed by atoms with Crippen molar-refractivity contribution in [2.45, 2.75) is 12.5 Å². The summed E-state index contributed by atoms with van der Waals surface area (Å²) in [5, 5.41) is 6.05. The van der Waals surface area contributed by atoms with Gasteiger partial charge in [0.15, 0.2) is 11.5 Å². The molecule has 2 aliphatic heterocycles. The maximum absolute atomic E-state index is 11.9. The van der Waals surface area contributed by atoms with E-state index in [0.29, 0.717) is 32.9 Å². The molecule has 0 aromatic heterocycles. The van der Waals surface area contributed by atoms with E-state index in [1.165, 1.54) is 0 Å². The van der Waals surface area contributed by atoms with Crippen LogP contribution in [0.25, 0.3) is 0 Å². The van der Waals surface area contributed by atoms with Crippen LogP contribution in [0.5, 0.6) is 11.5 Å². The minimum atomic E-state index is -0.376. The summed E-state index contributed by atoms with van der Waals surface area (Å²) in [5.41, 5.74) is 1.11. The van der Waals surface area contributed by atoms with Gasteiger partial charge in [-0.25, -0.2) is 0 Å². The van der Waals surface area contributed by atoms with Gasteiger partial charge in [0.2, 0.25) is 5.91 Å². The Morgan fingerprint density at radius 3 is 2.90 bits per heavy atom. The van der Waals surface area contributed by atoms with E-state index in [1.807, 2.05) is 18.2 Å². The summed E-state index contributed by atoms with van der Waals surface area (Å²) in [5.74, 6) is 1.51. The van der Waals surface area contributed by atoms with E-state index in [-0.39, 0.29) is 12.0 Å². The standard InChI is InChI=1S/C15H20N2O4/c18-15(14-10-16-5-6-19-14)17-4-3-11-1-2-12-13(9-11)21-8-7-20-12/h1-2,9,14,16H,3-8,10H2,(H,17,18). The fourth-order valence-electron chi connectivity index (χ4n) is 2.42. The van der Waals surface area contributed by atoms with Crippen molar-refractivity contribution in [1.82, 2.24) is 10.6 Å². The lowest BCUT2D eigenvalue weighted by Crippen LogP contribution is -2.48. The molecule has 0 bridgehead atoms. The first-order chi connectivity index (χ1) is 10.3. The number of carbonyl (C=O) groups excluding carboxylic acids is 1. The Labute approximate surface area is 123 Å². The molecule has 1 saturated heterocycles. The summed E-state index contributed by atoms with van der Waals surface area (Å²) >= 11 is 0. The summed E-state index contributed by atoms with van der Waals surface area (Å²) in [6, 6.07) is 5.89. The number of nitrogens with one attached hydrogen (secondary N) is 2. The number of hydrogen-bond donors (Lipinski definition) is 2. The number of benzene rings is 1. The van der Waals surface area contributed by atoms with Crippen molar-refractivity contribution in [3.05, 3.63) is 23.8 Å². The van der Waals surface area contributed by atoms with Crippen LogP contribution < -0.4 is 20.1 Å². The highest BCUT2D eigenvalue weighted by Crippen LogP contribution is 2.30. The summed E-state index contributed by atoms with van der Waals surface area (Å²) in [6.07, 6.45) is 0.377. The monoisotopic (exact) mass is 292 g/mol. The van der Waals surface area contributed by atoms with Gasteiger partial charge in [-0.2, -0.15) is 0 Å². The summed E-state index contributed by atoms with van der Waals surface area (Å²) < 4.78 is 16.4. The molecule has 2 aliphatic rings. The maximum atomic E-state index is 11.9. The number of ether oxygens (including phenoxy) is 3. The van der Waals surface area contributed by atoms with Gasteiger partial charge in [0.05, 0.1) is 6.61 Å². The number of amides is 1. The quantitative estimate of drug-likeness (QED) is 0.824. The topological polar surface area (TPSA) is 68.8 Å². The zero-order chi connectivity index (χ0) is 14.5. The van der Waals surface area contributed by atoms with Crippen LogP contribution in [0.3, 0.4) is 0 Å². The molecule has 114 valence electrons. The molecule has 1 atom stereocenters. The molecule has 6 nitrogen and oxygen atoms in total. The van der Waals surface area contributed by atoms with Gasteiger partial charge in [-0.3, -0.25) is 4.79 Å². The Balaban J connectivity index is 1.47. The lowest BCUT2D eigenvalue weighted by atomic mass is 10.1. The molecule has 1 fully saturated rings. The summed E-state index contributed by atoms with van der Waals surface area (Å²) in [6.45, 7) is 3.73. The average molecular weight is 292 g/mol. The predicted molar refractivity (Wildman–Crippen MR) is 76.8 cm³/mol. The van der Waals surface area contributed by atoms with Crippen LogP contribution in [0.15, 0.2) is 18.2 Å². The Bertz CT molecular complexity index is 500. The highest BCUT2D eigenvalue weighted by molar-refractivity contribution is 5.81. The van der Waals surface area contributed by atoms with Crippen LogP contribution in [0, 0.1) is 0 Å². The Morgan fingerprint density at radius 2 is 2.10 bits per heavy atom. The van der Waals surface area contributed by atoms with E-state index in [1.54, 1.807) is 0 Å². The molecule has 1 aromatic rings. The molecule has 2 heterocycles. The third kappa shape index (κ3) is 3.65. The minimum absolute atomic E-state index is 0.0558. The molecule has 3 rings (SSSR count).